The minimum Gasteiger partial charge on any atom is -0.481 e. The molecule has 13 heteroatoms. The first-order chi connectivity index (χ1) is 13.1. The van der Waals surface area contributed by atoms with Crippen molar-refractivity contribution in [3.8, 4) is 0 Å². The van der Waals surface area contributed by atoms with Crippen LogP contribution < -0.4 is 27.4 Å². The van der Waals surface area contributed by atoms with Crippen molar-refractivity contribution in [2.75, 3.05) is 18.8 Å². The van der Waals surface area contributed by atoms with Crippen LogP contribution in [0, 0.1) is 0 Å². The van der Waals surface area contributed by atoms with Gasteiger partial charge in [-0.3, -0.25) is 24.0 Å². The van der Waals surface area contributed by atoms with Gasteiger partial charge in [-0.25, -0.2) is 0 Å². The van der Waals surface area contributed by atoms with E-state index in [9.17, 15) is 24.0 Å². The van der Waals surface area contributed by atoms with Crippen LogP contribution in [0.25, 0.3) is 0 Å². The van der Waals surface area contributed by atoms with Gasteiger partial charge >= 0.3 is 11.9 Å². The first-order valence-corrected chi connectivity index (χ1v) is 9.14. The Balaban J connectivity index is 4.96. The van der Waals surface area contributed by atoms with Gasteiger partial charge in [0.25, 0.3) is 0 Å². The molecule has 0 fully saturated rings. The summed E-state index contributed by atoms with van der Waals surface area (Å²) in [6, 6.07) is -3.56. The van der Waals surface area contributed by atoms with Crippen LogP contribution >= 0.6 is 12.6 Å². The molecule has 3 unspecified atom stereocenters. The van der Waals surface area contributed by atoms with Crippen molar-refractivity contribution < 1.29 is 34.2 Å². The number of nitrogens with two attached hydrogens (primary N) is 2. The SMILES string of the molecule is NCCCCC(NC(=O)C(CS)NC(=O)C(N)CC(=O)O)C(=O)NCC(=O)O. The van der Waals surface area contributed by atoms with Crippen molar-refractivity contribution in [3.63, 3.8) is 0 Å². The number of aliphatic carboxylic acids is 2. The van der Waals surface area contributed by atoms with Crippen molar-refractivity contribution >= 4 is 42.3 Å². The molecule has 0 saturated carbocycles. The van der Waals surface area contributed by atoms with Crippen LogP contribution in [0.15, 0.2) is 0 Å². The van der Waals surface area contributed by atoms with E-state index < -0.39 is 60.8 Å². The second-order valence-electron chi connectivity index (χ2n) is 5.91. The summed E-state index contributed by atoms with van der Waals surface area (Å²) in [5, 5.41) is 24.2. The monoisotopic (exact) mass is 421 g/mol. The van der Waals surface area contributed by atoms with Crippen LogP contribution in [-0.2, 0) is 24.0 Å². The van der Waals surface area contributed by atoms with Crippen LogP contribution in [0.3, 0.4) is 0 Å². The summed E-state index contributed by atoms with van der Waals surface area (Å²) in [4.78, 5) is 57.6. The fraction of sp³-hybridized carbons (Fsp3) is 0.667. The number of carboxylic acids is 2. The predicted molar refractivity (Wildman–Crippen MR) is 101 cm³/mol. The van der Waals surface area contributed by atoms with Crippen molar-refractivity contribution in [1.29, 1.82) is 0 Å². The summed E-state index contributed by atoms with van der Waals surface area (Å²) in [7, 11) is 0. The molecule has 12 nitrogen and oxygen atoms in total. The van der Waals surface area contributed by atoms with Crippen molar-refractivity contribution in [2.45, 2.75) is 43.8 Å². The molecule has 0 aromatic rings. The molecule has 0 aliphatic carbocycles. The van der Waals surface area contributed by atoms with Gasteiger partial charge in [0, 0.05) is 5.75 Å². The predicted octanol–water partition coefficient (Wildman–Crippen LogP) is -2.98. The second-order valence-corrected chi connectivity index (χ2v) is 6.27. The molecule has 3 atom stereocenters. The Hall–Kier alpha value is -2.38. The molecule has 0 aromatic heterocycles. The van der Waals surface area contributed by atoms with Crippen LogP contribution in [0.1, 0.15) is 25.7 Å². The topological polar surface area (TPSA) is 214 Å². The third-order valence-electron chi connectivity index (χ3n) is 3.54. The minimum absolute atomic E-state index is 0.135. The van der Waals surface area contributed by atoms with E-state index in [2.05, 4.69) is 28.6 Å². The van der Waals surface area contributed by atoms with E-state index in [0.29, 0.717) is 19.4 Å². The molecule has 28 heavy (non-hydrogen) atoms. The Morgan fingerprint density at radius 1 is 0.893 bits per heavy atom. The number of hydrogen-bond acceptors (Lipinski definition) is 8. The molecule has 0 aliphatic heterocycles. The highest BCUT2D eigenvalue weighted by molar-refractivity contribution is 7.80. The Morgan fingerprint density at radius 3 is 2.00 bits per heavy atom. The average molecular weight is 421 g/mol. The minimum atomic E-state index is -1.35. The van der Waals surface area contributed by atoms with E-state index in [1.165, 1.54) is 0 Å². The smallest absolute Gasteiger partial charge is 0.322 e. The van der Waals surface area contributed by atoms with Crippen LogP contribution in [0.2, 0.25) is 0 Å². The molecule has 0 spiro atoms. The van der Waals surface area contributed by atoms with Crippen molar-refractivity contribution in [3.05, 3.63) is 0 Å². The van der Waals surface area contributed by atoms with E-state index in [0.717, 1.165) is 0 Å². The molecule has 0 saturated heterocycles. The van der Waals surface area contributed by atoms with Gasteiger partial charge in [0.1, 0.15) is 18.6 Å². The summed E-state index contributed by atoms with van der Waals surface area (Å²) < 4.78 is 0. The summed E-state index contributed by atoms with van der Waals surface area (Å²) in [6.07, 6.45) is 0.685. The van der Waals surface area contributed by atoms with Crippen LogP contribution in [0.4, 0.5) is 0 Å². The van der Waals surface area contributed by atoms with E-state index in [-0.39, 0.29) is 12.2 Å². The molecule has 3 amide bonds. The van der Waals surface area contributed by atoms with E-state index in [4.69, 9.17) is 21.7 Å². The fourth-order valence-electron chi connectivity index (χ4n) is 2.07. The Morgan fingerprint density at radius 2 is 1.50 bits per heavy atom. The number of carboxylic acid groups (broad SMARTS) is 2. The number of amides is 3. The highest BCUT2D eigenvalue weighted by Gasteiger charge is 2.27. The number of nitrogens with one attached hydrogen (secondary N) is 3. The van der Waals surface area contributed by atoms with E-state index in [1.54, 1.807) is 0 Å². The third-order valence-corrected chi connectivity index (χ3v) is 3.91. The normalized spacial score (nSPS) is 13.7. The Kier molecular flexibility index (Phi) is 12.6. The number of carbonyl (C=O) groups is 5. The highest BCUT2D eigenvalue weighted by atomic mass is 32.1. The van der Waals surface area contributed by atoms with Gasteiger partial charge < -0.3 is 37.6 Å². The molecular weight excluding hydrogens is 394 g/mol. The van der Waals surface area contributed by atoms with Crippen molar-refractivity contribution in [2.24, 2.45) is 11.5 Å². The fourth-order valence-corrected chi connectivity index (χ4v) is 2.33. The summed E-state index contributed by atoms with van der Waals surface area (Å²) in [6.45, 7) is -0.229. The lowest BCUT2D eigenvalue weighted by atomic mass is 10.1. The standard InChI is InChI=1S/C15H27N5O7S/c16-4-2-1-3-9(14(26)18-6-12(23)24)19-15(27)10(7-28)20-13(25)8(17)5-11(21)22/h8-10,28H,1-7,16-17H2,(H,18,26)(H,19,27)(H,20,25)(H,21,22)(H,23,24). The molecule has 0 aromatic carbocycles. The van der Waals surface area contributed by atoms with E-state index in [1.807, 2.05) is 0 Å². The van der Waals surface area contributed by atoms with Gasteiger partial charge in [-0.2, -0.15) is 12.6 Å². The lowest BCUT2D eigenvalue weighted by Crippen LogP contribution is -2.56. The molecule has 0 aliphatic rings. The number of unbranched alkanes of at least 4 members (excludes halogenated alkanes) is 1. The first kappa shape index (κ1) is 25.6. The maximum atomic E-state index is 12.4. The molecule has 0 rings (SSSR count). The Labute approximate surface area is 167 Å². The first-order valence-electron chi connectivity index (χ1n) is 8.50. The molecule has 160 valence electrons. The maximum Gasteiger partial charge on any atom is 0.322 e. The van der Waals surface area contributed by atoms with Crippen LogP contribution in [-0.4, -0.2) is 76.8 Å². The zero-order valence-electron chi connectivity index (χ0n) is 15.2. The van der Waals surface area contributed by atoms with Crippen molar-refractivity contribution in [1.82, 2.24) is 16.0 Å². The number of rotatable bonds is 14. The lowest BCUT2D eigenvalue weighted by molar-refractivity contribution is -0.139. The molecule has 0 heterocycles. The lowest BCUT2D eigenvalue weighted by Gasteiger charge is -2.23. The second kappa shape index (κ2) is 13.7. The van der Waals surface area contributed by atoms with Gasteiger partial charge in [-0.1, -0.05) is 0 Å². The third kappa shape index (κ3) is 10.7. The Bertz CT molecular complexity index is 575. The van der Waals surface area contributed by atoms with Gasteiger partial charge in [0.05, 0.1) is 12.5 Å². The van der Waals surface area contributed by atoms with Gasteiger partial charge in [-0.15, -0.1) is 0 Å². The zero-order valence-corrected chi connectivity index (χ0v) is 16.1. The quantitative estimate of drug-likeness (QED) is 0.106. The molecule has 0 bridgehead atoms. The maximum absolute atomic E-state index is 12.4. The van der Waals surface area contributed by atoms with Gasteiger partial charge in [-0.05, 0) is 25.8 Å². The van der Waals surface area contributed by atoms with E-state index >= 15 is 0 Å². The largest absolute Gasteiger partial charge is 0.481 e. The zero-order chi connectivity index (χ0) is 21.7. The number of thiol groups is 1. The number of hydrogen-bond donors (Lipinski definition) is 8. The number of carbonyl (C=O) groups excluding carboxylic acids is 3. The molecule has 9 N–H and O–H groups in total. The van der Waals surface area contributed by atoms with Gasteiger partial charge in [0.2, 0.25) is 17.7 Å². The molecular formula is C15H27N5O7S. The van der Waals surface area contributed by atoms with Gasteiger partial charge in [0.15, 0.2) is 0 Å². The molecule has 0 radical (unpaired) electrons. The summed E-state index contributed by atoms with van der Waals surface area (Å²) >= 11 is 3.97. The average Bonchev–Trinajstić information content (AvgIpc) is 2.62. The van der Waals surface area contributed by atoms with Crippen LogP contribution in [0.5, 0.6) is 0 Å². The summed E-state index contributed by atoms with van der Waals surface area (Å²) in [5.74, 6) is -4.94. The highest BCUT2D eigenvalue weighted by Crippen LogP contribution is 2.03. The summed E-state index contributed by atoms with van der Waals surface area (Å²) in [5.41, 5.74) is 10.8.